The highest BCUT2D eigenvalue weighted by Crippen LogP contribution is 2.29. The van der Waals surface area contributed by atoms with Crippen LogP contribution in [0, 0.1) is 0 Å². The Labute approximate surface area is 167 Å². The summed E-state index contributed by atoms with van der Waals surface area (Å²) in [7, 11) is 1.75. The zero-order chi connectivity index (χ0) is 20.4. The number of nitrogens with zero attached hydrogens (tertiary/aromatic N) is 2. The zero-order valence-corrected chi connectivity index (χ0v) is 15.9. The Morgan fingerprint density at radius 3 is 2.72 bits per heavy atom. The maximum absolute atomic E-state index is 12.5. The number of hydrogen-bond donors (Lipinski definition) is 2. The van der Waals surface area contributed by atoms with E-state index in [0.29, 0.717) is 17.7 Å². The molecule has 1 aromatic carbocycles. The van der Waals surface area contributed by atoms with Gasteiger partial charge in [-0.25, -0.2) is 4.99 Å². The van der Waals surface area contributed by atoms with E-state index in [1.165, 1.54) is 18.2 Å². The highest BCUT2D eigenvalue weighted by molar-refractivity contribution is 5.94. The standard InChI is InChI=1S/C20H23F3N4O2/c1-28-15-7-5-14(6-8-15)25-18-9-10-27-19(26-18)17(12-24-27)13-3-2-4-16(11-13)29-20(21,22)23/h2-4,9-12,14-15,19,27H,5-8H2,1H3,(H,25,26). The molecule has 2 atom stereocenters. The lowest BCUT2D eigenvalue weighted by molar-refractivity contribution is -0.817. The van der Waals surface area contributed by atoms with Crippen LogP contribution in [0.1, 0.15) is 31.2 Å². The lowest BCUT2D eigenvalue weighted by Crippen LogP contribution is -3.06. The molecule has 0 amide bonds. The number of amidine groups is 1. The van der Waals surface area contributed by atoms with Gasteiger partial charge in [-0.05, 0) is 43.4 Å². The molecule has 156 valence electrons. The Kier molecular flexibility index (Phi) is 5.51. The fourth-order valence-corrected chi connectivity index (χ4v) is 3.90. The van der Waals surface area contributed by atoms with Gasteiger partial charge in [-0.1, -0.05) is 12.1 Å². The van der Waals surface area contributed by atoms with Gasteiger partial charge in [0, 0.05) is 24.8 Å². The number of alkyl halides is 3. The summed E-state index contributed by atoms with van der Waals surface area (Å²) >= 11 is 0. The molecule has 2 N–H and O–H groups in total. The lowest BCUT2D eigenvalue weighted by atomic mass is 9.93. The zero-order valence-electron chi connectivity index (χ0n) is 15.9. The van der Waals surface area contributed by atoms with Gasteiger partial charge in [-0.3, -0.25) is 0 Å². The van der Waals surface area contributed by atoms with Crippen LogP contribution in [0.2, 0.25) is 0 Å². The van der Waals surface area contributed by atoms with E-state index in [1.807, 2.05) is 12.3 Å². The minimum atomic E-state index is -4.73. The lowest BCUT2D eigenvalue weighted by Gasteiger charge is -2.31. The van der Waals surface area contributed by atoms with Crippen molar-refractivity contribution in [3.05, 3.63) is 53.7 Å². The van der Waals surface area contributed by atoms with Crippen molar-refractivity contribution in [1.29, 1.82) is 0 Å². The number of halogens is 3. The Balaban J connectivity index is 1.46. The molecule has 4 rings (SSSR count). The second-order valence-corrected chi connectivity index (χ2v) is 7.32. The molecule has 2 aliphatic heterocycles. The van der Waals surface area contributed by atoms with E-state index in [-0.39, 0.29) is 11.9 Å². The van der Waals surface area contributed by atoms with Gasteiger partial charge in [-0.15, -0.1) is 19.4 Å². The molecule has 0 bridgehead atoms. The first-order chi connectivity index (χ1) is 13.9. The number of benzene rings is 1. The van der Waals surface area contributed by atoms with Crippen LogP contribution in [0.25, 0.3) is 11.0 Å². The summed E-state index contributed by atoms with van der Waals surface area (Å²) < 4.78 is 47.1. The summed E-state index contributed by atoms with van der Waals surface area (Å²) in [5, 5.41) is 4.26. The monoisotopic (exact) mass is 408 g/mol. The average Bonchev–Trinajstić information content (AvgIpc) is 3.11. The highest BCUT2D eigenvalue weighted by Gasteiger charge is 2.32. The van der Waals surface area contributed by atoms with Crippen LogP contribution in [-0.4, -0.2) is 37.6 Å². The minimum Gasteiger partial charge on any atom is -0.488 e. The van der Waals surface area contributed by atoms with Crippen molar-refractivity contribution in [2.45, 2.75) is 50.4 Å². The van der Waals surface area contributed by atoms with Gasteiger partial charge in [0.1, 0.15) is 11.6 Å². The largest absolute Gasteiger partial charge is 0.573 e. The molecule has 1 saturated carbocycles. The van der Waals surface area contributed by atoms with Crippen LogP contribution in [0.5, 0.6) is 5.75 Å². The molecule has 0 radical (unpaired) electrons. The smallest absolute Gasteiger partial charge is 0.488 e. The number of rotatable bonds is 4. The normalized spacial score (nSPS) is 28.8. The van der Waals surface area contributed by atoms with E-state index in [2.05, 4.69) is 15.5 Å². The molecular formula is C20H23F3N4O2. The Bertz CT molecular complexity index is 829. The van der Waals surface area contributed by atoms with Crippen molar-refractivity contribution >= 4 is 11.4 Å². The average molecular weight is 408 g/mol. The molecule has 2 unspecified atom stereocenters. The summed E-state index contributed by atoms with van der Waals surface area (Å²) in [5.74, 6) is 0.512. The van der Waals surface area contributed by atoms with Gasteiger partial charge in [0.05, 0.1) is 12.3 Å². The summed E-state index contributed by atoms with van der Waals surface area (Å²) in [6, 6.07) is 6.25. The van der Waals surface area contributed by atoms with Gasteiger partial charge in [0.25, 0.3) is 0 Å². The molecule has 29 heavy (non-hydrogen) atoms. The predicted octanol–water partition coefficient (Wildman–Crippen LogP) is 2.91. The molecule has 6 nitrogen and oxygen atoms in total. The maximum atomic E-state index is 12.5. The first kappa shape index (κ1) is 19.8. The van der Waals surface area contributed by atoms with E-state index in [0.717, 1.165) is 42.1 Å². The van der Waals surface area contributed by atoms with Gasteiger partial charge >= 0.3 is 6.36 Å². The van der Waals surface area contributed by atoms with E-state index in [4.69, 9.17) is 9.73 Å². The molecule has 3 aliphatic rings. The molecule has 2 heterocycles. The number of quaternary nitrogens is 1. The van der Waals surface area contributed by atoms with E-state index in [1.54, 1.807) is 19.4 Å². The Morgan fingerprint density at radius 2 is 2.00 bits per heavy atom. The third-order valence-corrected chi connectivity index (χ3v) is 5.37. The van der Waals surface area contributed by atoms with Crippen molar-refractivity contribution in [2.24, 2.45) is 4.99 Å². The van der Waals surface area contributed by atoms with E-state index < -0.39 is 6.36 Å². The van der Waals surface area contributed by atoms with Crippen LogP contribution in [-0.2, 0) is 4.74 Å². The minimum absolute atomic E-state index is 0.257. The van der Waals surface area contributed by atoms with Crippen LogP contribution in [0.15, 0.2) is 47.7 Å². The first-order valence-corrected chi connectivity index (χ1v) is 9.60. The number of ether oxygens (including phenoxy) is 2. The van der Waals surface area contributed by atoms with Crippen LogP contribution in [0.4, 0.5) is 13.2 Å². The van der Waals surface area contributed by atoms with Gasteiger partial charge in [0.15, 0.2) is 0 Å². The number of nitrogens with one attached hydrogen (secondary N) is 2. The SMILES string of the molecule is COC1CCC(NC2=NC3C(c4cccc(OC(F)(F)F)c4)=C[N-][NH+]3C=C2)CC1. The molecule has 0 spiro atoms. The van der Waals surface area contributed by atoms with E-state index in [9.17, 15) is 13.2 Å². The number of aliphatic imine (C=N–C) groups is 1. The fourth-order valence-electron chi connectivity index (χ4n) is 3.90. The third-order valence-electron chi connectivity index (χ3n) is 5.37. The topological polar surface area (TPSA) is 61.4 Å². The summed E-state index contributed by atoms with van der Waals surface area (Å²) in [6.45, 7) is 0. The van der Waals surface area contributed by atoms with Crippen LogP contribution >= 0.6 is 0 Å². The molecule has 1 fully saturated rings. The summed E-state index contributed by atoms with van der Waals surface area (Å²) in [5.41, 5.74) is 5.73. The highest BCUT2D eigenvalue weighted by atomic mass is 19.4. The van der Waals surface area contributed by atoms with Crippen LogP contribution < -0.4 is 15.1 Å². The number of fused-ring (bicyclic) bond motifs is 1. The van der Waals surface area contributed by atoms with Crippen molar-refractivity contribution in [3.8, 4) is 5.75 Å². The molecule has 1 aliphatic carbocycles. The summed E-state index contributed by atoms with van der Waals surface area (Å²) in [6.07, 6.45) is 4.77. The Morgan fingerprint density at radius 1 is 1.21 bits per heavy atom. The fraction of sp³-hybridized carbons (Fsp3) is 0.450. The number of hydrogen-bond acceptors (Lipinski definition) is 4. The number of methoxy groups -OCH3 is 1. The van der Waals surface area contributed by atoms with Gasteiger partial charge < -0.3 is 25.2 Å². The quantitative estimate of drug-likeness (QED) is 0.806. The van der Waals surface area contributed by atoms with Crippen molar-refractivity contribution in [3.63, 3.8) is 0 Å². The van der Waals surface area contributed by atoms with Crippen LogP contribution in [0.3, 0.4) is 0 Å². The Hall–Kier alpha value is -2.52. The first-order valence-electron chi connectivity index (χ1n) is 9.60. The maximum Gasteiger partial charge on any atom is 0.573 e. The molecular weight excluding hydrogens is 385 g/mol. The second kappa shape index (κ2) is 8.08. The molecule has 1 aromatic rings. The second-order valence-electron chi connectivity index (χ2n) is 7.32. The molecule has 0 saturated heterocycles. The van der Waals surface area contributed by atoms with Gasteiger partial charge in [0.2, 0.25) is 6.17 Å². The van der Waals surface area contributed by atoms with Crippen molar-refractivity contribution < 1.29 is 27.7 Å². The van der Waals surface area contributed by atoms with Crippen molar-refractivity contribution in [1.82, 2.24) is 5.32 Å². The summed E-state index contributed by atoms with van der Waals surface area (Å²) in [4.78, 5) is 4.76. The third kappa shape index (κ3) is 4.73. The van der Waals surface area contributed by atoms with Crippen molar-refractivity contribution in [2.75, 3.05) is 7.11 Å². The molecule has 0 aromatic heterocycles. The predicted molar refractivity (Wildman–Crippen MR) is 102 cm³/mol. The molecule has 9 heteroatoms. The van der Waals surface area contributed by atoms with Gasteiger partial charge in [-0.2, -0.15) is 0 Å². The van der Waals surface area contributed by atoms with E-state index >= 15 is 0 Å².